The Morgan fingerprint density at radius 2 is 2.00 bits per heavy atom. The Hall–Kier alpha value is -1.60. The molecular weight excluding hydrogens is 320 g/mol. The Balaban J connectivity index is 2.39. The maximum atomic E-state index is 12.4. The van der Waals surface area contributed by atoms with Crippen molar-refractivity contribution in [2.75, 3.05) is 6.54 Å². The first-order valence-electron chi connectivity index (χ1n) is 6.89. The maximum absolute atomic E-state index is 12.4. The lowest BCUT2D eigenvalue weighted by Gasteiger charge is -2.13. The first-order chi connectivity index (χ1) is 10.4. The summed E-state index contributed by atoms with van der Waals surface area (Å²) in [6.45, 7) is 7.62. The molecule has 1 aliphatic heterocycles. The summed E-state index contributed by atoms with van der Waals surface area (Å²) in [6.07, 6.45) is 2.19. The van der Waals surface area contributed by atoms with Crippen molar-refractivity contribution in [2.24, 2.45) is 4.40 Å². The van der Waals surface area contributed by atoms with Crippen molar-refractivity contribution < 1.29 is 13.2 Å². The number of thioether (sulfide) groups is 1. The average Bonchev–Trinajstić information content (AvgIpc) is 2.76. The summed E-state index contributed by atoms with van der Waals surface area (Å²) < 4.78 is 28.6. The molecule has 1 atom stereocenters. The molecule has 1 unspecified atom stereocenters. The fraction of sp³-hybridized carbons (Fsp3) is 0.333. The summed E-state index contributed by atoms with van der Waals surface area (Å²) >= 11 is 1.19. The highest BCUT2D eigenvalue weighted by Crippen LogP contribution is 2.30. The van der Waals surface area contributed by atoms with E-state index >= 15 is 0 Å². The van der Waals surface area contributed by atoms with Crippen LogP contribution in [-0.4, -0.2) is 36.2 Å². The van der Waals surface area contributed by atoms with E-state index in [1.807, 2.05) is 13.8 Å². The van der Waals surface area contributed by atoms with Gasteiger partial charge < -0.3 is 0 Å². The minimum Gasteiger partial charge on any atom is -0.286 e. The van der Waals surface area contributed by atoms with Crippen molar-refractivity contribution in [2.45, 2.75) is 30.4 Å². The predicted molar refractivity (Wildman–Crippen MR) is 89.4 cm³/mol. The second kappa shape index (κ2) is 6.66. The SMILES string of the molecule is C=CCN1C(=O)C(CC)S/C1=N/S(=O)(=O)c1ccc(C)cc1. The zero-order valence-corrected chi connectivity index (χ0v) is 14.2. The van der Waals surface area contributed by atoms with Crippen LogP contribution in [0.15, 0.2) is 46.2 Å². The lowest BCUT2D eigenvalue weighted by Crippen LogP contribution is -2.32. The summed E-state index contributed by atoms with van der Waals surface area (Å²) in [5.41, 5.74) is 0.969. The highest BCUT2D eigenvalue weighted by Gasteiger charge is 2.37. The fourth-order valence-corrected chi connectivity index (χ4v) is 4.30. The van der Waals surface area contributed by atoms with Crippen molar-refractivity contribution >= 4 is 32.9 Å². The molecule has 1 heterocycles. The van der Waals surface area contributed by atoms with Crippen LogP contribution >= 0.6 is 11.8 Å². The van der Waals surface area contributed by atoms with E-state index in [4.69, 9.17) is 0 Å². The van der Waals surface area contributed by atoms with Crippen LogP contribution in [0, 0.1) is 6.92 Å². The molecule has 7 heteroatoms. The van der Waals surface area contributed by atoms with Crippen molar-refractivity contribution in [3.05, 3.63) is 42.5 Å². The van der Waals surface area contributed by atoms with Crippen LogP contribution in [-0.2, 0) is 14.8 Å². The number of amidine groups is 1. The molecule has 0 N–H and O–H groups in total. The molecule has 0 saturated carbocycles. The number of hydrogen-bond donors (Lipinski definition) is 0. The molecule has 1 fully saturated rings. The molecule has 2 rings (SSSR count). The number of carbonyl (C=O) groups excluding carboxylic acids is 1. The Kier molecular flexibility index (Phi) is 5.08. The molecule has 1 aliphatic rings. The number of nitrogens with zero attached hydrogens (tertiary/aromatic N) is 2. The lowest BCUT2D eigenvalue weighted by atomic mass is 10.2. The molecule has 1 aromatic carbocycles. The van der Waals surface area contributed by atoms with Crippen LogP contribution in [0.5, 0.6) is 0 Å². The zero-order valence-electron chi connectivity index (χ0n) is 12.5. The van der Waals surface area contributed by atoms with Gasteiger partial charge >= 0.3 is 0 Å². The summed E-state index contributed by atoms with van der Waals surface area (Å²) in [5.74, 6) is -0.120. The van der Waals surface area contributed by atoms with E-state index in [0.717, 1.165) is 5.56 Å². The smallest absolute Gasteiger partial charge is 0.284 e. The average molecular weight is 338 g/mol. The second-order valence-corrected chi connectivity index (χ2v) is 7.69. The summed E-state index contributed by atoms with van der Waals surface area (Å²) in [4.78, 5) is 13.7. The van der Waals surface area contributed by atoms with Gasteiger partial charge in [-0.3, -0.25) is 9.69 Å². The second-order valence-electron chi connectivity index (χ2n) is 4.91. The van der Waals surface area contributed by atoms with Crippen LogP contribution in [0.3, 0.4) is 0 Å². The third-order valence-electron chi connectivity index (χ3n) is 3.22. The lowest BCUT2D eigenvalue weighted by molar-refractivity contribution is -0.125. The highest BCUT2D eigenvalue weighted by molar-refractivity contribution is 8.16. The quantitative estimate of drug-likeness (QED) is 0.774. The molecule has 22 heavy (non-hydrogen) atoms. The third-order valence-corrected chi connectivity index (χ3v) is 5.96. The van der Waals surface area contributed by atoms with Crippen LogP contribution in [0.2, 0.25) is 0 Å². The molecule has 0 radical (unpaired) electrons. The normalized spacial score (nSPS) is 20.6. The molecule has 1 saturated heterocycles. The highest BCUT2D eigenvalue weighted by atomic mass is 32.2. The summed E-state index contributed by atoms with van der Waals surface area (Å²) in [5, 5.41) is -0.0655. The third kappa shape index (κ3) is 3.41. The molecule has 1 aromatic rings. The first kappa shape index (κ1) is 16.8. The number of rotatable bonds is 5. The summed E-state index contributed by atoms with van der Waals surface area (Å²) in [6, 6.07) is 6.48. The van der Waals surface area contributed by atoms with Gasteiger partial charge in [-0.05, 0) is 25.5 Å². The number of benzene rings is 1. The van der Waals surface area contributed by atoms with Gasteiger partial charge in [-0.2, -0.15) is 8.42 Å². The molecule has 1 amide bonds. The monoisotopic (exact) mass is 338 g/mol. The van der Waals surface area contributed by atoms with Gasteiger partial charge in [0.2, 0.25) is 5.91 Å². The molecule has 0 bridgehead atoms. The van der Waals surface area contributed by atoms with Gasteiger partial charge in [0, 0.05) is 6.54 Å². The predicted octanol–water partition coefficient (Wildman–Crippen LogP) is 2.58. The van der Waals surface area contributed by atoms with Gasteiger partial charge in [0.05, 0.1) is 10.1 Å². The van der Waals surface area contributed by atoms with Crippen molar-refractivity contribution in [3.63, 3.8) is 0 Å². The van der Waals surface area contributed by atoms with Crippen molar-refractivity contribution in [3.8, 4) is 0 Å². The minimum atomic E-state index is -3.83. The van der Waals surface area contributed by atoms with E-state index in [2.05, 4.69) is 11.0 Å². The summed E-state index contributed by atoms with van der Waals surface area (Å²) in [7, 11) is -3.83. The van der Waals surface area contributed by atoms with Crippen molar-refractivity contribution in [1.29, 1.82) is 0 Å². The van der Waals surface area contributed by atoms with E-state index in [1.165, 1.54) is 28.8 Å². The Morgan fingerprint density at radius 3 is 2.55 bits per heavy atom. The number of sulfonamides is 1. The Morgan fingerprint density at radius 1 is 1.36 bits per heavy atom. The fourth-order valence-electron chi connectivity index (χ4n) is 2.00. The number of carbonyl (C=O) groups is 1. The molecule has 0 aliphatic carbocycles. The van der Waals surface area contributed by atoms with E-state index in [0.29, 0.717) is 6.42 Å². The molecular formula is C15H18N2O3S2. The minimum absolute atomic E-state index is 0.120. The Labute approximate surface area is 135 Å². The van der Waals surface area contributed by atoms with E-state index in [-0.39, 0.29) is 27.8 Å². The van der Waals surface area contributed by atoms with Gasteiger partial charge in [0.1, 0.15) is 0 Å². The van der Waals surface area contributed by atoms with Gasteiger partial charge in [-0.15, -0.1) is 11.0 Å². The van der Waals surface area contributed by atoms with Crippen LogP contribution in [0.4, 0.5) is 0 Å². The maximum Gasteiger partial charge on any atom is 0.284 e. The standard InChI is InChI=1S/C15H18N2O3S2/c1-4-10-17-14(18)13(5-2)21-15(17)16-22(19,20)12-8-6-11(3)7-9-12/h4,6-9,13H,1,5,10H2,2-3H3/b16-15+. The molecule has 5 nitrogen and oxygen atoms in total. The van der Waals surface area contributed by atoms with Crippen LogP contribution < -0.4 is 0 Å². The van der Waals surface area contributed by atoms with E-state index in [1.54, 1.807) is 18.2 Å². The van der Waals surface area contributed by atoms with E-state index < -0.39 is 10.0 Å². The first-order valence-corrected chi connectivity index (χ1v) is 9.21. The van der Waals surface area contributed by atoms with E-state index in [9.17, 15) is 13.2 Å². The van der Waals surface area contributed by atoms with Crippen LogP contribution in [0.25, 0.3) is 0 Å². The van der Waals surface area contributed by atoms with Crippen LogP contribution in [0.1, 0.15) is 18.9 Å². The molecule has 0 aromatic heterocycles. The van der Waals surface area contributed by atoms with Gasteiger partial charge in [0.25, 0.3) is 10.0 Å². The topological polar surface area (TPSA) is 66.8 Å². The zero-order chi connectivity index (χ0) is 16.3. The van der Waals surface area contributed by atoms with Gasteiger partial charge in [-0.1, -0.05) is 42.5 Å². The van der Waals surface area contributed by atoms with Crippen molar-refractivity contribution in [1.82, 2.24) is 4.90 Å². The number of amides is 1. The number of aryl methyl sites for hydroxylation is 1. The molecule has 0 spiro atoms. The Bertz CT molecular complexity index is 709. The van der Waals surface area contributed by atoms with Gasteiger partial charge in [-0.25, -0.2) is 0 Å². The largest absolute Gasteiger partial charge is 0.286 e. The molecule has 118 valence electrons. The van der Waals surface area contributed by atoms with Gasteiger partial charge in [0.15, 0.2) is 5.17 Å². The number of hydrogen-bond acceptors (Lipinski definition) is 4.